The minimum Gasteiger partial charge on any atom is -0.354 e. The Morgan fingerprint density at radius 3 is 1.94 bits per heavy atom. The summed E-state index contributed by atoms with van der Waals surface area (Å²) in [6, 6.07) is 23.4. The van der Waals surface area contributed by atoms with Gasteiger partial charge in [0.1, 0.15) is 0 Å². The molecule has 5 rings (SSSR count). The average molecular weight is 438 g/mol. The van der Waals surface area contributed by atoms with Gasteiger partial charge < -0.3 is 15.5 Å². The summed E-state index contributed by atoms with van der Waals surface area (Å²) in [6.45, 7) is 1.79. The van der Waals surface area contributed by atoms with Gasteiger partial charge in [0.25, 0.3) is 11.8 Å². The summed E-state index contributed by atoms with van der Waals surface area (Å²) < 4.78 is 0. The van der Waals surface area contributed by atoms with E-state index in [0.717, 1.165) is 37.0 Å². The van der Waals surface area contributed by atoms with Crippen molar-refractivity contribution in [1.29, 1.82) is 0 Å². The number of rotatable bonds is 5. The summed E-state index contributed by atoms with van der Waals surface area (Å²) in [6.07, 6.45) is 2.19. The third kappa shape index (κ3) is 4.52. The van der Waals surface area contributed by atoms with E-state index in [9.17, 15) is 9.59 Å². The van der Waals surface area contributed by atoms with Crippen LogP contribution in [0.1, 0.15) is 33.6 Å². The first-order valence-electron chi connectivity index (χ1n) is 11.0. The fourth-order valence-electron chi connectivity index (χ4n) is 3.90. The van der Waals surface area contributed by atoms with Crippen LogP contribution >= 0.6 is 0 Å². The molecule has 2 amide bonds. The van der Waals surface area contributed by atoms with E-state index >= 15 is 0 Å². The zero-order valence-electron chi connectivity index (χ0n) is 18.0. The molecule has 7 nitrogen and oxygen atoms in total. The van der Waals surface area contributed by atoms with E-state index in [1.165, 1.54) is 0 Å². The number of amides is 2. The van der Waals surface area contributed by atoms with E-state index in [2.05, 4.69) is 20.5 Å². The second-order valence-corrected chi connectivity index (χ2v) is 7.93. The number of benzene rings is 3. The van der Waals surface area contributed by atoms with Crippen LogP contribution in [0.2, 0.25) is 0 Å². The lowest BCUT2D eigenvalue weighted by molar-refractivity contribution is 0.101. The second kappa shape index (κ2) is 9.08. The Labute approximate surface area is 191 Å². The Bertz CT molecular complexity index is 1300. The summed E-state index contributed by atoms with van der Waals surface area (Å²) in [4.78, 5) is 36.9. The Hall–Kier alpha value is -4.26. The highest BCUT2D eigenvalue weighted by Gasteiger charge is 2.21. The molecule has 0 spiro atoms. The summed E-state index contributed by atoms with van der Waals surface area (Å²) in [5, 5.41) is 5.78. The van der Waals surface area contributed by atoms with Gasteiger partial charge in [0.15, 0.2) is 11.6 Å². The van der Waals surface area contributed by atoms with E-state index in [1.54, 1.807) is 36.4 Å². The van der Waals surface area contributed by atoms with Gasteiger partial charge in [-0.1, -0.05) is 30.3 Å². The molecule has 1 saturated heterocycles. The van der Waals surface area contributed by atoms with Gasteiger partial charge in [-0.2, -0.15) is 0 Å². The highest BCUT2D eigenvalue weighted by molar-refractivity contribution is 6.07. The molecule has 0 aliphatic carbocycles. The minimum atomic E-state index is -0.277. The van der Waals surface area contributed by atoms with Gasteiger partial charge in [-0.25, -0.2) is 9.97 Å². The predicted octanol–water partition coefficient (Wildman–Crippen LogP) is 4.73. The number of hydrogen-bond acceptors (Lipinski definition) is 5. The Balaban J connectivity index is 1.35. The quantitative estimate of drug-likeness (QED) is 0.471. The number of anilines is 3. The first-order valence-corrected chi connectivity index (χ1v) is 11.0. The SMILES string of the molecule is O=C(Nc1ccc(C(=O)Nc2nc3ccccc3nc2N2CCCC2)cc1)c1ccccc1. The number of nitrogens with one attached hydrogen (secondary N) is 2. The van der Waals surface area contributed by atoms with Gasteiger partial charge >= 0.3 is 0 Å². The molecule has 1 aromatic heterocycles. The molecular weight excluding hydrogens is 414 g/mol. The molecule has 0 unspecified atom stereocenters. The zero-order chi connectivity index (χ0) is 22.6. The lowest BCUT2D eigenvalue weighted by atomic mass is 10.1. The highest BCUT2D eigenvalue weighted by atomic mass is 16.2. The number of nitrogens with zero attached hydrogens (tertiary/aromatic N) is 3. The van der Waals surface area contributed by atoms with Crippen LogP contribution in [0, 0.1) is 0 Å². The van der Waals surface area contributed by atoms with Crippen LogP contribution in [0.4, 0.5) is 17.3 Å². The molecule has 4 aromatic rings. The Kier molecular flexibility index (Phi) is 5.68. The van der Waals surface area contributed by atoms with E-state index in [-0.39, 0.29) is 11.8 Å². The van der Waals surface area contributed by atoms with Crippen LogP contribution in [0.3, 0.4) is 0 Å². The van der Waals surface area contributed by atoms with Crippen molar-refractivity contribution in [3.63, 3.8) is 0 Å². The van der Waals surface area contributed by atoms with Crippen molar-refractivity contribution in [2.45, 2.75) is 12.8 Å². The first kappa shape index (κ1) is 20.6. The van der Waals surface area contributed by atoms with Gasteiger partial charge in [0.2, 0.25) is 0 Å². The van der Waals surface area contributed by atoms with Crippen LogP contribution in [0.15, 0.2) is 78.9 Å². The molecule has 1 aliphatic rings. The van der Waals surface area contributed by atoms with Crippen molar-refractivity contribution < 1.29 is 9.59 Å². The topological polar surface area (TPSA) is 87.2 Å². The van der Waals surface area contributed by atoms with Gasteiger partial charge in [-0.15, -0.1) is 0 Å². The minimum absolute atomic E-state index is 0.200. The maximum absolute atomic E-state index is 13.0. The smallest absolute Gasteiger partial charge is 0.256 e. The Morgan fingerprint density at radius 2 is 1.24 bits per heavy atom. The summed E-state index contributed by atoms with van der Waals surface area (Å²) in [5.74, 6) is 0.684. The standard InChI is InChI=1S/C26H23N5O2/c32-25(18-8-2-1-3-9-18)27-20-14-12-19(13-15-20)26(33)30-23-24(31-16-6-7-17-31)29-22-11-5-4-10-21(22)28-23/h1-5,8-15H,6-7,16-17H2,(H,27,32)(H,28,30,33). The summed E-state index contributed by atoms with van der Waals surface area (Å²) >= 11 is 0. The molecule has 33 heavy (non-hydrogen) atoms. The van der Waals surface area contributed by atoms with Crippen LogP contribution in [-0.2, 0) is 0 Å². The van der Waals surface area contributed by atoms with Crippen LogP contribution < -0.4 is 15.5 Å². The summed E-state index contributed by atoms with van der Waals surface area (Å²) in [7, 11) is 0. The second-order valence-electron chi connectivity index (χ2n) is 7.93. The van der Waals surface area contributed by atoms with Crippen LogP contribution in [0.25, 0.3) is 11.0 Å². The lowest BCUT2D eigenvalue weighted by Crippen LogP contribution is -2.23. The number of aromatic nitrogens is 2. The molecule has 0 radical (unpaired) electrons. The fraction of sp³-hybridized carbons (Fsp3) is 0.154. The Morgan fingerprint density at radius 1 is 0.667 bits per heavy atom. The predicted molar refractivity (Wildman–Crippen MR) is 130 cm³/mol. The molecule has 0 saturated carbocycles. The van der Waals surface area contributed by atoms with Crippen molar-refractivity contribution in [2.75, 3.05) is 28.6 Å². The van der Waals surface area contributed by atoms with Crippen molar-refractivity contribution in [3.05, 3.63) is 90.0 Å². The van der Waals surface area contributed by atoms with Gasteiger partial charge in [0, 0.05) is 29.9 Å². The van der Waals surface area contributed by atoms with E-state index in [4.69, 9.17) is 4.98 Å². The monoisotopic (exact) mass is 437 g/mol. The summed E-state index contributed by atoms with van der Waals surface area (Å²) in [5.41, 5.74) is 3.19. The maximum atomic E-state index is 13.0. The van der Waals surface area contributed by atoms with Crippen molar-refractivity contribution in [1.82, 2.24) is 9.97 Å². The first-order chi connectivity index (χ1) is 16.2. The third-order valence-corrected chi connectivity index (χ3v) is 5.63. The lowest BCUT2D eigenvalue weighted by Gasteiger charge is -2.20. The molecule has 164 valence electrons. The number of para-hydroxylation sites is 2. The van der Waals surface area contributed by atoms with Crippen LogP contribution in [-0.4, -0.2) is 34.9 Å². The number of carbonyl (C=O) groups is 2. The van der Waals surface area contributed by atoms with Crippen molar-refractivity contribution in [3.8, 4) is 0 Å². The zero-order valence-corrected chi connectivity index (χ0v) is 18.0. The molecule has 1 fully saturated rings. The molecule has 7 heteroatoms. The molecule has 3 aromatic carbocycles. The maximum Gasteiger partial charge on any atom is 0.256 e. The van der Waals surface area contributed by atoms with Crippen molar-refractivity contribution >= 4 is 40.2 Å². The normalized spacial score (nSPS) is 13.2. The van der Waals surface area contributed by atoms with Gasteiger partial charge in [-0.3, -0.25) is 9.59 Å². The van der Waals surface area contributed by atoms with Crippen LogP contribution in [0.5, 0.6) is 0 Å². The van der Waals surface area contributed by atoms with E-state index in [0.29, 0.717) is 28.5 Å². The fourth-order valence-corrected chi connectivity index (χ4v) is 3.90. The number of carbonyl (C=O) groups excluding carboxylic acids is 2. The molecule has 2 N–H and O–H groups in total. The number of hydrogen-bond donors (Lipinski definition) is 2. The molecular formula is C26H23N5O2. The molecule has 2 heterocycles. The van der Waals surface area contributed by atoms with Crippen molar-refractivity contribution in [2.24, 2.45) is 0 Å². The third-order valence-electron chi connectivity index (χ3n) is 5.63. The van der Waals surface area contributed by atoms with E-state index in [1.807, 2.05) is 42.5 Å². The van der Waals surface area contributed by atoms with Gasteiger partial charge in [-0.05, 0) is 61.4 Å². The highest BCUT2D eigenvalue weighted by Crippen LogP contribution is 2.28. The van der Waals surface area contributed by atoms with E-state index < -0.39 is 0 Å². The molecule has 0 atom stereocenters. The van der Waals surface area contributed by atoms with Gasteiger partial charge in [0.05, 0.1) is 11.0 Å². The number of fused-ring (bicyclic) bond motifs is 1. The average Bonchev–Trinajstić information content (AvgIpc) is 3.39. The molecule has 1 aliphatic heterocycles. The molecule has 0 bridgehead atoms. The largest absolute Gasteiger partial charge is 0.354 e.